The first-order chi connectivity index (χ1) is 12.0. The number of hydrogen-bond donors (Lipinski definition) is 3. The van der Waals surface area contributed by atoms with Crippen molar-refractivity contribution in [3.05, 3.63) is 65.7 Å². The van der Waals surface area contributed by atoms with E-state index in [0.29, 0.717) is 11.3 Å². The minimum Gasteiger partial charge on any atom is -0.481 e. The SMILES string of the molecule is C[C@H](NC(=O)c1ccccc1NC(=O)CCC(=O)O)c1ccccc1. The summed E-state index contributed by atoms with van der Waals surface area (Å²) in [6.07, 6.45) is -0.406. The fourth-order valence-corrected chi connectivity index (χ4v) is 2.32. The van der Waals surface area contributed by atoms with Gasteiger partial charge in [-0.2, -0.15) is 0 Å². The van der Waals surface area contributed by atoms with Gasteiger partial charge in [-0.25, -0.2) is 0 Å². The van der Waals surface area contributed by atoms with Gasteiger partial charge in [0.15, 0.2) is 0 Å². The highest BCUT2D eigenvalue weighted by Crippen LogP contribution is 2.18. The molecule has 2 aromatic rings. The van der Waals surface area contributed by atoms with Gasteiger partial charge in [0, 0.05) is 6.42 Å². The van der Waals surface area contributed by atoms with E-state index in [-0.39, 0.29) is 24.8 Å². The number of aliphatic carboxylic acids is 1. The lowest BCUT2D eigenvalue weighted by atomic mass is 10.1. The first kappa shape index (κ1) is 18.2. The predicted molar refractivity (Wildman–Crippen MR) is 94.3 cm³/mol. The van der Waals surface area contributed by atoms with E-state index in [1.54, 1.807) is 24.3 Å². The number of hydrogen-bond acceptors (Lipinski definition) is 3. The van der Waals surface area contributed by atoms with Crippen LogP contribution in [0.5, 0.6) is 0 Å². The van der Waals surface area contributed by atoms with Gasteiger partial charge >= 0.3 is 5.97 Å². The molecule has 2 rings (SSSR count). The van der Waals surface area contributed by atoms with Crippen LogP contribution in [-0.2, 0) is 9.59 Å². The Kier molecular flexibility index (Phi) is 6.28. The van der Waals surface area contributed by atoms with Crippen LogP contribution in [0.4, 0.5) is 5.69 Å². The smallest absolute Gasteiger partial charge is 0.303 e. The summed E-state index contributed by atoms with van der Waals surface area (Å²) in [6.45, 7) is 1.88. The zero-order valence-corrected chi connectivity index (χ0v) is 13.9. The minimum absolute atomic E-state index is 0.147. The summed E-state index contributed by atoms with van der Waals surface area (Å²) in [5.74, 6) is -1.80. The lowest BCUT2D eigenvalue weighted by Crippen LogP contribution is -2.28. The summed E-state index contributed by atoms with van der Waals surface area (Å²) < 4.78 is 0. The minimum atomic E-state index is -1.04. The van der Waals surface area contributed by atoms with Crippen molar-refractivity contribution in [2.24, 2.45) is 0 Å². The normalized spacial score (nSPS) is 11.4. The Morgan fingerprint density at radius 2 is 1.60 bits per heavy atom. The van der Waals surface area contributed by atoms with Gasteiger partial charge in [0.2, 0.25) is 5.91 Å². The number of carboxylic acids is 1. The number of para-hydroxylation sites is 1. The number of amides is 2. The van der Waals surface area contributed by atoms with Crippen LogP contribution < -0.4 is 10.6 Å². The van der Waals surface area contributed by atoms with Crippen molar-refractivity contribution in [2.75, 3.05) is 5.32 Å². The van der Waals surface area contributed by atoms with Gasteiger partial charge in [0.05, 0.1) is 23.7 Å². The molecule has 0 aliphatic carbocycles. The van der Waals surface area contributed by atoms with Gasteiger partial charge in [-0.3, -0.25) is 14.4 Å². The molecular weight excluding hydrogens is 320 g/mol. The van der Waals surface area contributed by atoms with Crippen molar-refractivity contribution in [1.82, 2.24) is 5.32 Å². The summed E-state index contributed by atoms with van der Waals surface area (Å²) in [7, 11) is 0. The van der Waals surface area contributed by atoms with E-state index >= 15 is 0 Å². The number of carbonyl (C=O) groups excluding carboxylic acids is 2. The topological polar surface area (TPSA) is 95.5 Å². The summed E-state index contributed by atoms with van der Waals surface area (Å²) in [5, 5.41) is 14.1. The molecule has 25 heavy (non-hydrogen) atoms. The molecule has 0 heterocycles. The molecular formula is C19H20N2O4. The van der Waals surface area contributed by atoms with Gasteiger partial charge in [0.25, 0.3) is 5.91 Å². The summed E-state index contributed by atoms with van der Waals surface area (Å²) in [5.41, 5.74) is 1.66. The van der Waals surface area contributed by atoms with Crippen molar-refractivity contribution in [1.29, 1.82) is 0 Å². The molecule has 3 N–H and O–H groups in total. The fourth-order valence-electron chi connectivity index (χ4n) is 2.32. The molecule has 1 atom stereocenters. The molecule has 2 amide bonds. The summed E-state index contributed by atoms with van der Waals surface area (Å²) in [4.78, 5) is 34.9. The van der Waals surface area contributed by atoms with Crippen LogP contribution in [0.3, 0.4) is 0 Å². The average Bonchev–Trinajstić information content (AvgIpc) is 2.61. The molecule has 0 spiro atoms. The van der Waals surface area contributed by atoms with Crippen LogP contribution in [0, 0.1) is 0 Å². The van der Waals surface area contributed by atoms with Crippen molar-refractivity contribution in [3.63, 3.8) is 0 Å². The molecule has 0 bridgehead atoms. The zero-order valence-electron chi connectivity index (χ0n) is 13.9. The second-order valence-electron chi connectivity index (χ2n) is 5.59. The highest BCUT2D eigenvalue weighted by atomic mass is 16.4. The van der Waals surface area contributed by atoms with Gasteiger partial charge in [0.1, 0.15) is 0 Å². The van der Waals surface area contributed by atoms with Crippen LogP contribution in [0.15, 0.2) is 54.6 Å². The maximum Gasteiger partial charge on any atom is 0.303 e. The summed E-state index contributed by atoms with van der Waals surface area (Å²) in [6, 6.07) is 16.0. The van der Waals surface area contributed by atoms with Crippen molar-refractivity contribution in [2.45, 2.75) is 25.8 Å². The van der Waals surface area contributed by atoms with E-state index in [1.807, 2.05) is 37.3 Å². The molecule has 2 aromatic carbocycles. The molecule has 0 saturated heterocycles. The van der Waals surface area contributed by atoms with E-state index in [2.05, 4.69) is 10.6 Å². The Balaban J connectivity index is 2.07. The van der Waals surface area contributed by atoms with Crippen LogP contribution in [0.25, 0.3) is 0 Å². The lowest BCUT2D eigenvalue weighted by molar-refractivity contribution is -0.138. The average molecular weight is 340 g/mol. The molecule has 0 aliphatic rings. The maximum atomic E-state index is 12.5. The number of anilines is 1. The van der Waals surface area contributed by atoms with Crippen LogP contribution >= 0.6 is 0 Å². The standard InChI is InChI=1S/C19H20N2O4/c1-13(14-7-3-2-4-8-14)20-19(25)15-9-5-6-10-16(15)21-17(22)11-12-18(23)24/h2-10,13H,11-12H2,1H3,(H,20,25)(H,21,22)(H,23,24)/t13-/m0/s1. The number of carbonyl (C=O) groups is 3. The highest BCUT2D eigenvalue weighted by Gasteiger charge is 2.16. The van der Waals surface area contributed by atoms with Crippen molar-refractivity contribution in [3.8, 4) is 0 Å². The third-order valence-electron chi connectivity index (χ3n) is 3.66. The van der Waals surface area contributed by atoms with Gasteiger partial charge < -0.3 is 15.7 Å². The highest BCUT2D eigenvalue weighted by molar-refractivity contribution is 6.04. The second-order valence-corrected chi connectivity index (χ2v) is 5.59. The number of benzene rings is 2. The Morgan fingerprint density at radius 3 is 2.28 bits per heavy atom. The Morgan fingerprint density at radius 1 is 0.960 bits per heavy atom. The Labute approximate surface area is 145 Å². The second kappa shape index (κ2) is 8.63. The van der Waals surface area contributed by atoms with Crippen LogP contribution in [-0.4, -0.2) is 22.9 Å². The van der Waals surface area contributed by atoms with E-state index in [1.165, 1.54) is 0 Å². The van der Waals surface area contributed by atoms with Gasteiger partial charge in [-0.15, -0.1) is 0 Å². The molecule has 6 heteroatoms. The summed E-state index contributed by atoms with van der Waals surface area (Å²) >= 11 is 0. The Hall–Kier alpha value is -3.15. The predicted octanol–water partition coefficient (Wildman–Crippen LogP) is 2.98. The monoisotopic (exact) mass is 340 g/mol. The van der Waals surface area contributed by atoms with E-state index in [4.69, 9.17) is 5.11 Å². The first-order valence-electron chi connectivity index (χ1n) is 7.94. The molecule has 0 aliphatic heterocycles. The molecule has 0 saturated carbocycles. The molecule has 0 aromatic heterocycles. The van der Waals surface area contributed by atoms with E-state index in [0.717, 1.165) is 5.56 Å². The van der Waals surface area contributed by atoms with Gasteiger partial charge in [-0.05, 0) is 24.6 Å². The lowest BCUT2D eigenvalue weighted by Gasteiger charge is -2.16. The van der Waals surface area contributed by atoms with Crippen molar-refractivity contribution >= 4 is 23.5 Å². The third-order valence-corrected chi connectivity index (χ3v) is 3.66. The van der Waals surface area contributed by atoms with Crippen LogP contribution in [0.2, 0.25) is 0 Å². The molecule has 0 fully saturated rings. The van der Waals surface area contributed by atoms with Gasteiger partial charge in [-0.1, -0.05) is 42.5 Å². The van der Waals surface area contributed by atoms with E-state index in [9.17, 15) is 14.4 Å². The number of carboxylic acid groups (broad SMARTS) is 1. The molecule has 0 unspecified atom stereocenters. The number of rotatable bonds is 7. The fraction of sp³-hybridized carbons (Fsp3) is 0.211. The largest absolute Gasteiger partial charge is 0.481 e. The van der Waals surface area contributed by atoms with Crippen LogP contribution in [0.1, 0.15) is 41.7 Å². The quantitative estimate of drug-likeness (QED) is 0.722. The number of nitrogens with one attached hydrogen (secondary N) is 2. The maximum absolute atomic E-state index is 12.5. The molecule has 130 valence electrons. The Bertz CT molecular complexity index is 759. The first-order valence-corrected chi connectivity index (χ1v) is 7.94. The van der Waals surface area contributed by atoms with Crippen molar-refractivity contribution < 1.29 is 19.5 Å². The molecule has 0 radical (unpaired) electrons. The zero-order chi connectivity index (χ0) is 18.2. The third kappa shape index (κ3) is 5.46. The van der Waals surface area contributed by atoms with E-state index < -0.39 is 11.9 Å². The molecule has 6 nitrogen and oxygen atoms in total.